The predicted octanol–water partition coefficient (Wildman–Crippen LogP) is 13.2. The Morgan fingerprint density at radius 3 is 1.23 bits per heavy atom. The molecule has 0 aliphatic carbocycles. The Bertz CT molecular complexity index is 789. The van der Waals surface area contributed by atoms with E-state index in [0.717, 1.165) is 70.9 Å². The first-order valence-corrected chi connectivity index (χ1v) is 23.5. The molecule has 0 N–H and O–H groups in total. The van der Waals surface area contributed by atoms with Gasteiger partial charge in [-0.25, -0.2) is 0 Å². The molecule has 52 heavy (non-hydrogen) atoms. The van der Waals surface area contributed by atoms with E-state index < -0.39 is 0 Å². The fraction of sp³-hybridized carbons (Fsp3) is 0.933. The van der Waals surface area contributed by atoms with E-state index in [4.69, 9.17) is 9.47 Å². The third kappa shape index (κ3) is 27.5. The first kappa shape index (κ1) is 48.9. The van der Waals surface area contributed by atoms with Gasteiger partial charge in [-0.1, -0.05) is 142 Å². The van der Waals surface area contributed by atoms with Crippen molar-refractivity contribution in [3.63, 3.8) is 0 Å². The van der Waals surface area contributed by atoms with E-state index in [2.05, 4.69) is 39.6 Å². The highest BCUT2D eigenvalue weighted by atomic mass is 32.2. The Morgan fingerprint density at radius 1 is 0.538 bits per heavy atom. The number of likely N-dealkylation sites (tertiary alicyclic amines) is 1. The van der Waals surface area contributed by atoms with Crippen LogP contribution < -0.4 is 0 Å². The third-order valence-electron chi connectivity index (χ3n) is 10.9. The molecule has 0 bridgehead atoms. The summed E-state index contributed by atoms with van der Waals surface area (Å²) in [6.45, 7) is 10.9. The van der Waals surface area contributed by atoms with Gasteiger partial charge in [-0.05, 0) is 97.1 Å². The van der Waals surface area contributed by atoms with Gasteiger partial charge in [-0.2, -0.15) is 0 Å². The summed E-state index contributed by atoms with van der Waals surface area (Å²) < 4.78 is 12.1. The smallest absolute Gasteiger partial charge is 0.306 e. The lowest BCUT2D eigenvalue weighted by Crippen LogP contribution is -2.21. The summed E-state index contributed by atoms with van der Waals surface area (Å²) in [5, 5.41) is 0.567. The Hall–Kier alpha value is -1.08. The lowest BCUT2D eigenvalue weighted by molar-refractivity contribution is -0.150. The summed E-state index contributed by atoms with van der Waals surface area (Å²) in [7, 11) is 2.12. The molecule has 6 nitrogen and oxygen atoms in total. The minimum Gasteiger partial charge on any atom is -0.462 e. The van der Waals surface area contributed by atoms with Crippen molar-refractivity contribution in [1.82, 2.24) is 4.90 Å². The van der Waals surface area contributed by atoms with Gasteiger partial charge in [-0.15, -0.1) is 0 Å². The number of hydrogen-bond donors (Lipinski definition) is 0. The zero-order chi connectivity index (χ0) is 38.1. The Kier molecular flexibility index (Phi) is 32.4. The highest BCUT2D eigenvalue weighted by Gasteiger charge is 2.27. The standard InChI is InChI=1S/C45H85NO5S/c1-6-10-14-18-22-30-40(31-23-19-15-11-7-2)50-43(47)34-26-28-39(45(49)52-42-36-37-46(5)38-42)29-27-35-44(48)51-41(32-24-20-16-12-8-3)33-25-21-17-13-9-4/h39-42H,6-38H2,1-5H3. The van der Waals surface area contributed by atoms with Crippen LogP contribution in [0.1, 0.15) is 227 Å². The fourth-order valence-electron chi connectivity index (χ4n) is 7.53. The Morgan fingerprint density at radius 2 is 0.904 bits per heavy atom. The number of unbranched alkanes of at least 4 members (excludes halogenated alkanes) is 16. The van der Waals surface area contributed by atoms with Crippen LogP contribution in [-0.4, -0.2) is 59.5 Å². The van der Waals surface area contributed by atoms with Crippen LogP contribution >= 0.6 is 11.8 Å². The van der Waals surface area contributed by atoms with Crippen molar-refractivity contribution < 1.29 is 23.9 Å². The number of carbonyl (C=O) groups is 3. The molecule has 0 radical (unpaired) electrons. The van der Waals surface area contributed by atoms with Crippen LogP contribution in [0, 0.1) is 5.92 Å². The van der Waals surface area contributed by atoms with E-state index >= 15 is 0 Å². The summed E-state index contributed by atoms with van der Waals surface area (Å²) in [6, 6.07) is 0. The molecule has 1 atom stereocenters. The highest BCUT2D eigenvalue weighted by Crippen LogP contribution is 2.30. The van der Waals surface area contributed by atoms with Crippen LogP contribution in [0.25, 0.3) is 0 Å². The Labute approximate surface area is 326 Å². The molecule has 1 unspecified atom stereocenters. The zero-order valence-corrected chi connectivity index (χ0v) is 35.9. The number of rotatable bonds is 36. The van der Waals surface area contributed by atoms with Gasteiger partial charge >= 0.3 is 11.9 Å². The monoisotopic (exact) mass is 752 g/mol. The second-order valence-electron chi connectivity index (χ2n) is 16.1. The summed E-state index contributed by atoms with van der Waals surface area (Å²) in [5.41, 5.74) is 0. The number of ether oxygens (including phenoxy) is 2. The van der Waals surface area contributed by atoms with Crippen molar-refractivity contribution >= 4 is 28.8 Å². The molecule has 0 spiro atoms. The zero-order valence-electron chi connectivity index (χ0n) is 35.0. The number of nitrogens with zero attached hydrogens (tertiary/aromatic N) is 1. The van der Waals surface area contributed by atoms with E-state index in [1.807, 2.05) is 0 Å². The largest absolute Gasteiger partial charge is 0.462 e. The van der Waals surface area contributed by atoms with Gasteiger partial charge in [0.05, 0.1) is 0 Å². The Balaban J connectivity index is 2.68. The second kappa shape index (κ2) is 34.4. The van der Waals surface area contributed by atoms with Crippen LogP contribution in [0.3, 0.4) is 0 Å². The lowest BCUT2D eigenvalue weighted by atomic mass is 9.97. The maximum atomic E-state index is 13.6. The summed E-state index contributed by atoms with van der Waals surface area (Å²) in [6.07, 6.45) is 32.7. The maximum absolute atomic E-state index is 13.6. The average molecular weight is 752 g/mol. The van der Waals surface area contributed by atoms with E-state index in [0.29, 0.717) is 43.8 Å². The van der Waals surface area contributed by atoms with Gasteiger partial charge in [0.1, 0.15) is 12.2 Å². The molecular formula is C45H85NO5S. The van der Waals surface area contributed by atoms with E-state index in [1.54, 1.807) is 0 Å². The molecule has 1 fully saturated rings. The molecule has 0 aromatic carbocycles. The van der Waals surface area contributed by atoms with Gasteiger partial charge in [0, 0.05) is 30.6 Å². The van der Waals surface area contributed by atoms with Gasteiger partial charge < -0.3 is 14.4 Å². The summed E-state index contributed by atoms with van der Waals surface area (Å²) in [5.74, 6) is -0.359. The molecule has 1 saturated heterocycles. The van der Waals surface area contributed by atoms with Crippen molar-refractivity contribution in [2.75, 3.05) is 20.1 Å². The van der Waals surface area contributed by atoms with Gasteiger partial charge in [0.2, 0.25) is 0 Å². The van der Waals surface area contributed by atoms with Gasteiger partial charge in [0.25, 0.3) is 0 Å². The molecule has 1 heterocycles. The molecule has 306 valence electrons. The number of hydrogen-bond acceptors (Lipinski definition) is 7. The summed E-state index contributed by atoms with van der Waals surface area (Å²) in [4.78, 5) is 42.0. The minimum atomic E-state index is -0.141. The SMILES string of the molecule is CCCCCCCC(CCCCCCC)OC(=O)CCCC(CCCC(=O)OC(CCCCCCC)CCCCCCC)C(=O)SC1CCN(C)C1. The molecule has 1 rings (SSSR count). The number of thioether (sulfide) groups is 1. The van der Waals surface area contributed by atoms with Crippen molar-refractivity contribution in [2.45, 2.75) is 244 Å². The topological polar surface area (TPSA) is 72.9 Å². The average Bonchev–Trinajstić information content (AvgIpc) is 3.53. The van der Waals surface area contributed by atoms with Gasteiger partial charge in [0.15, 0.2) is 5.12 Å². The minimum absolute atomic E-state index is 0.0191. The molecule has 0 saturated carbocycles. The van der Waals surface area contributed by atoms with Crippen LogP contribution in [0.5, 0.6) is 0 Å². The van der Waals surface area contributed by atoms with Crippen LogP contribution in [0.2, 0.25) is 0 Å². The molecule has 0 aromatic heterocycles. The molecule has 1 aliphatic heterocycles. The van der Waals surface area contributed by atoms with E-state index in [9.17, 15) is 14.4 Å². The quantitative estimate of drug-likeness (QED) is 0.0466. The first-order valence-electron chi connectivity index (χ1n) is 22.6. The number of esters is 2. The molecule has 0 aromatic rings. The van der Waals surface area contributed by atoms with Crippen LogP contribution in [0.15, 0.2) is 0 Å². The van der Waals surface area contributed by atoms with E-state index in [1.165, 1.54) is 114 Å². The van der Waals surface area contributed by atoms with Crippen LogP contribution in [0.4, 0.5) is 0 Å². The highest BCUT2D eigenvalue weighted by molar-refractivity contribution is 8.14. The van der Waals surface area contributed by atoms with Crippen molar-refractivity contribution in [3.8, 4) is 0 Å². The van der Waals surface area contributed by atoms with Gasteiger partial charge in [-0.3, -0.25) is 14.4 Å². The number of carbonyl (C=O) groups excluding carboxylic acids is 3. The second-order valence-corrected chi connectivity index (χ2v) is 17.4. The molecular weight excluding hydrogens is 667 g/mol. The maximum Gasteiger partial charge on any atom is 0.306 e. The molecule has 1 aliphatic rings. The lowest BCUT2D eigenvalue weighted by Gasteiger charge is -2.20. The molecule has 7 heteroatoms. The fourth-order valence-corrected chi connectivity index (χ4v) is 8.84. The van der Waals surface area contributed by atoms with Crippen molar-refractivity contribution in [3.05, 3.63) is 0 Å². The third-order valence-corrected chi connectivity index (χ3v) is 12.2. The predicted molar refractivity (Wildman–Crippen MR) is 223 cm³/mol. The summed E-state index contributed by atoms with van der Waals surface area (Å²) >= 11 is 1.50. The van der Waals surface area contributed by atoms with E-state index in [-0.39, 0.29) is 35.2 Å². The first-order chi connectivity index (χ1) is 25.3. The van der Waals surface area contributed by atoms with Crippen molar-refractivity contribution in [1.29, 1.82) is 0 Å². The van der Waals surface area contributed by atoms with Crippen LogP contribution in [-0.2, 0) is 23.9 Å². The molecule has 0 amide bonds. The normalized spacial score (nSPS) is 15.0. The van der Waals surface area contributed by atoms with Crippen molar-refractivity contribution in [2.24, 2.45) is 5.92 Å².